The van der Waals surface area contributed by atoms with E-state index in [1.54, 1.807) is 0 Å². The number of carbonyl (C=O) groups excluding carboxylic acids is 1. The topological polar surface area (TPSA) is 17.1 Å². The standard InChI is InChI=1S/C10H7Br2F3O/c11-5-8(16)4-6-3-7(12)1-2-9(6)10(13,14)15/h1-3H,4-5H2. The zero-order chi connectivity index (χ0) is 12.3. The molecule has 1 rings (SSSR count). The van der Waals surface area contributed by atoms with Crippen LogP contribution in [0.3, 0.4) is 0 Å². The van der Waals surface area contributed by atoms with E-state index in [0.717, 1.165) is 6.07 Å². The molecule has 6 heteroatoms. The van der Waals surface area contributed by atoms with Gasteiger partial charge in [-0.15, -0.1) is 0 Å². The summed E-state index contributed by atoms with van der Waals surface area (Å²) in [5, 5.41) is 0.0524. The number of benzene rings is 1. The van der Waals surface area contributed by atoms with Gasteiger partial charge in [0.05, 0.1) is 10.9 Å². The molecule has 0 atom stereocenters. The lowest BCUT2D eigenvalue weighted by Gasteiger charge is -2.12. The van der Waals surface area contributed by atoms with Crippen LogP contribution in [0.4, 0.5) is 13.2 Å². The van der Waals surface area contributed by atoms with E-state index in [2.05, 4.69) is 31.9 Å². The SMILES string of the molecule is O=C(CBr)Cc1cc(Br)ccc1C(F)(F)F. The van der Waals surface area contributed by atoms with Crippen LogP contribution in [0.5, 0.6) is 0 Å². The summed E-state index contributed by atoms with van der Waals surface area (Å²) in [6.07, 6.45) is -4.65. The van der Waals surface area contributed by atoms with Crippen molar-refractivity contribution in [1.82, 2.24) is 0 Å². The van der Waals surface area contributed by atoms with Crippen LogP contribution < -0.4 is 0 Å². The normalized spacial score (nSPS) is 11.6. The summed E-state index contributed by atoms with van der Waals surface area (Å²) in [6, 6.07) is 3.61. The molecular formula is C10H7Br2F3O. The summed E-state index contributed by atoms with van der Waals surface area (Å²) in [6.45, 7) is 0. The van der Waals surface area contributed by atoms with Gasteiger partial charge in [-0.2, -0.15) is 13.2 Å². The van der Waals surface area contributed by atoms with Crippen LogP contribution in [-0.2, 0) is 17.4 Å². The van der Waals surface area contributed by atoms with E-state index in [1.165, 1.54) is 12.1 Å². The molecule has 1 aromatic rings. The minimum Gasteiger partial charge on any atom is -0.298 e. The molecule has 0 fully saturated rings. The summed E-state index contributed by atoms with van der Waals surface area (Å²) >= 11 is 6.01. The first-order valence-corrected chi connectivity index (χ1v) is 6.19. The Hall–Kier alpha value is -0.360. The Balaban J connectivity index is 3.13. The molecule has 0 aliphatic rings. The van der Waals surface area contributed by atoms with E-state index in [4.69, 9.17) is 0 Å². The molecule has 0 aliphatic carbocycles. The van der Waals surface area contributed by atoms with Crippen molar-refractivity contribution in [3.8, 4) is 0 Å². The maximum atomic E-state index is 12.6. The van der Waals surface area contributed by atoms with Gasteiger partial charge in [0.15, 0.2) is 0 Å². The zero-order valence-electron chi connectivity index (χ0n) is 7.94. The van der Waals surface area contributed by atoms with E-state index in [0.29, 0.717) is 4.47 Å². The maximum Gasteiger partial charge on any atom is 0.416 e. The summed E-state index contributed by atoms with van der Waals surface area (Å²) in [5.74, 6) is -0.288. The molecule has 1 aromatic carbocycles. The van der Waals surface area contributed by atoms with E-state index in [1.807, 2.05) is 0 Å². The Morgan fingerprint density at radius 1 is 1.31 bits per heavy atom. The van der Waals surface area contributed by atoms with Crippen molar-refractivity contribution < 1.29 is 18.0 Å². The van der Waals surface area contributed by atoms with Gasteiger partial charge in [-0.1, -0.05) is 31.9 Å². The molecular weight excluding hydrogens is 353 g/mol. The highest BCUT2D eigenvalue weighted by Crippen LogP contribution is 2.33. The molecule has 0 spiro atoms. The molecule has 0 amide bonds. The van der Waals surface area contributed by atoms with Crippen LogP contribution in [0.2, 0.25) is 0 Å². The number of Topliss-reactive ketones (excluding diaryl/α,β-unsaturated/α-hetero) is 1. The number of hydrogen-bond acceptors (Lipinski definition) is 1. The van der Waals surface area contributed by atoms with Crippen molar-refractivity contribution in [2.24, 2.45) is 0 Å². The van der Waals surface area contributed by atoms with E-state index >= 15 is 0 Å². The fraction of sp³-hybridized carbons (Fsp3) is 0.300. The van der Waals surface area contributed by atoms with Crippen LogP contribution >= 0.6 is 31.9 Å². The van der Waals surface area contributed by atoms with Crippen LogP contribution in [0.1, 0.15) is 11.1 Å². The number of halogens is 5. The summed E-state index contributed by atoms with van der Waals surface area (Å²) in [5.41, 5.74) is -0.767. The highest BCUT2D eigenvalue weighted by atomic mass is 79.9. The van der Waals surface area contributed by atoms with Crippen LogP contribution in [0.25, 0.3) is 0 Å². The average Bonchev–Trinajstić information content (AvgIpc) is 2.15. The Kier molecular flexibility index (Phi) is 4.55. The van der Waals surface area contributed by atoms with Crippen molar-refractivity contribution in [3.05, 3.63) is 33.8 Å². The van der Waals surface area contributed by atoms with E-state index < -0.39 is 11.7 Å². The van der Waals surface area contributed by atoms with Crippen molar-refractivity contribution in [3.63, 3.8) is 0 Å². The smallest absolute Gasteiger partial charge is 0.298 e. The van der Waals surface area contributed by atoms with Crippen LogP contribution in [0.15, 0.2) is 22.7 Å². The van der Waals surface area contributed by atoms with Gasteiger partial charge in [-0.3, -0.25) is 4.79 Å². The molecule has 0 saturated heterocycles. The van der Waals surface area contributed by atoms with Gasteiger partial charge in [0.1, 0.15) is 5.78 Å². The lowest BCUT2D eigenvalue weighted by molar-refractivity contribution is -0.138. The summed E-state index contributed by atoms with van der Waals surface area (Å²) < 4.78 is 38.3. The van der Waals surface area contributed by atoms with E-state index in [-0.39, 0.29) is 23.1 Å². The summed E-state index contributed by atoms with van der Waals surface area (Å²) in [4.78, 5) is 11.1. The lowest BCUT2D eigenvalue weighted by atomic mass is 10.0. The molecule has 0 saturated carbocycles. The number of alkyl halides is 4. The molecule has 88 valence electrons. The van der Waals surface area contributed by atoms with Crippen molar-refractivity contribution in [2.45, 2.75) is 12.6 Å². The van der Waals surface area contributed by atoms with Crippen LogP contribution in [0, 0.1) is 0 Å². The molecule has 0 aliphatic heterocycles. The number of carbonyl (C=O) groups is 1. The Morgan fingerprint density at radius 3 is 2.44 bits per heavy atom. The largest absolute Gasteiger partial charge is 0.416 e. The van der Waals surface area contributed by atoms with Gasteiger partial charge in [-0.25, -0.2) is 0 Å². The van der Waals surface area contributed by atoms with E-state index in [9.17, 15) is 18.0 Å². The van der Waals surface area contributed by atoms with Gasteiger partial charge >= 0.3 is 6.18 Å². The van der Waals surface area contributed by atoms with Crippen molar-refractivity contribution >= 4 is 37.6 Å². The second kappa shape index (κ2) is 5.31. The predicted molar refractivity (Wildman–Crippen MR) is 61.6 cm³/mol. The van der Waals surface area contributed by atoms with Crippen LogP contribution in [-0.4, -0.2) is 11.1 Å². The highest BCUT2D eigenvalue weighted by Gasteiger charge is 2.33. The third-order valence-corrected chi connectivity index (χ3v) is 3.03. The van der Waals surface area contributed by atoms with Gasteiger partial charge in [0.2, 0.25) is 0 Å². The lowest BCUT2D eigenvalue weighted by Crippen LogP contribution is -2.13. The summed E-state index contributed by atoms with van der Waals surface area (Å²) in [7, 11) is 0. The maximum absolute atomic E-state index is 12.6. The van der Waals surface area contributed by atoms with Crippen molar-refractivity contribution in [2.75, 3.05) is 5.33 Å². The third-order valence-electron chi connectivity index (χ3n) is 1.91. The number of ketones is 1. The zero-order valence-corrected chi connectivity index (χ0v) is 11.1. The molecule has 0 radical (unpaired) electrons. The van der Waals surface area contributed by atoms with Gasteiger partial charge < -0.3 is 0 Å². The fourth-order valence-electron chi connectivity index (χ4n) is 1.24. The minimum absolute atomic E-state index is 0.00803. The Labute approximate surface area is 107 Å². The Morgan fingerprint density at radius 2 is 1.94 bits per heavy atom. The molecule has 0 N–H and O–H groups in total. The second-order valence-electron chi connectivity index (χ2n) is 3.15. The predicted octanol–water partition coefficient (Wildman–Crippen LogP) is 3.97. The van der Waals surface area contributed by atoms with Gasteiger partial charge in [0.25, 0.3) is 0 Å². The number of rotatable bonds is 3. The van der Waals surface area contributed by atoms with Gasteiger partial charge in [0, 0.05) is 10.9 Å². The number of hydrogen-bond donors (Lipinski definition) is 0. The first-order valence-electron chi connectivity index (χ1n) is 4.28. The monoisotopic (exact) mass is 358 g/mol. The Bertz CT molecular complexity index is 402. The quantitative estimate of drug-likeness (QED) is 0.746. The minimum atomic E-state index is -4.43. The fourth-order valence-corrected chi connectivity index (χ4v) is 1.85. The molecule has 0 aromatic heterocycles. The molecule has 1 nitrogen and oxygen atoms in total. The molecule has 0 unspecified atom stereocenters. The molecule has 16 heavy (non-hydrogen) atoms. The third kappa shape index (κ3) is 3.59. The highest BCUT2D eigenvalue weighted by molar-refractivity contribution is 9.10. The first kappa shape index (κ1) is 13.7. The molecule has 0 bridgehead atoms. The van der Waals surface area contributed by atoms with Crippen molar-refractivity contribution in [1.29, 1.82) is 0 Å². The van der Waals surface area contributed by atoms with Gasteiger partial charge in [-0.05, 0) is 23.8 Å². The second-order valence-corrected chi connectivity index (χ2v) is 4.62. The molecule has 0 heterocycles. The first-order chi connectivity index (χ1) is 7.34. The average molecular weight is 360 g/mol.